The second kappa shape index (κ2) is 10.4. The Balaban J connectivity index is 0.00000144. The van der Waals surface area contributed by atoms with E-state index in [0.29, 0.717) is 13.2 Å². The Kier molecular flexibility index (Phi) is 7.78. The van der Waals surface area contributed by atoms with Gasteiger partial charge in [-0.15, -0.1) is 23.1 Å². The summed E-state index contributed by atoms with van der Waals surface area (Å²) in [5.74, 6) is 0. The van der Waals surface area contributed by atoms with Crippen molar-refractivity contribution >= 4 is 40.0 Å². The average Bonchev–Trinajstić information content (AvgIpc) is 3.42. The minimum Gasteiger partial charge on any atom is -0.447 e. The van der Waals surface area contributed by atoms with Crippen molar-refractivity contribution < 1.29 is 20.5 Å². The van der Waals surface area contributed by atoms with Gasteiger partial charge in [0.25, 0.3) is 0 Å². The molecule has 0 saturated carbocycles. The summed E-state index contributed by atoms with van der Waals surface area (Å²) in [6, 6.07) is 15.1. The molecule has 0 aliphatic carbocycles. The van der Waals surface area contributed by atoms with Crippen molar-refractivity contribution in [3.05, 3.63) is 70.2 Å². The highest BCUT2D eigenvalue weighted by Gasteiger charge is 2.26. The summed E-state index contributed by atoms with van der Waals surface area (Å²) in [7, 11) is 0. The number of carbonyl (C=O) groups excluding carboxylic acids is 1. The number of fused-ring (bicyclic) bond motifs is 1. The van der Waals surface area contributed by atoms with E-state index in [0.717, 1.165) is 36.8 Å². The molecule has 4 N–H and O–H groups in total. The Morgan fingerprint density at radius 3 is 2.62 bits per heavy atom. The molecule has 2 aliphatic heterocycles. The third-order valence-corrected chi connectivity index (χ3v) is 7.43. The lowest BCUT2D eigenvalue weighted by Gasteiger charge is -2.29. The number of cyclic esters (lactones) is 1. The number of nitrogens with zero attached hydrogens (tertiary/aromatic N) is 3. The highest BCUT2D eigenvalue weighted by atomic mass is 32.2. The first kappa shape index (κ1) is 24.1. The summed E-state index contributed by atoms with van der Waals surface area (Å²) in [5.41, 5.74) is 4.86. The van der Waals surface area contributed by atoms with Crippen LogP contribution in [0, 0.1) is 0 Å². The second-order valence-electron chi connectivity index (χ2n) is 7.52. The first-order valence-corrected chi connectivity index (χ1v) is 12.1. The average molecular weight is 474 g/mol. The molecular formula is C23H27N3O4S2. The zero-order chi connectivity index (χ0) is 20.5. The molecule has 0 bridgehead atoms. The molecule has 5 rings (SSSR count). The molecule has 1 aromatic heterocycles. The van der Waals surface area contributed by atoms with Crippen molar-refractivity contribution in [3.63, 3.8) is 0 Å². The summed E-state index contributed by atoms with van der Waals surface area (Å²) in [6.07, 6.45) is 5.76. The third-order valence-electron chi connectivity index (χ3n) is 5.62. The topological polar surface area (TPSA) is 109 Å². The molecule has 170 valence electrons. The number of thioether (sulfide) groups is 1. The van der Waals surface area contributed by atoms with Crippen LogP contribution in [0.4, 0.5) is 15.6 Å². The highest BCUT2D eigenvalue weighted by molar-refractivity contribution is 7.98. The van der Waals surface area contributed by atoms with Crippen molar-refractivity contribution in [2.75, 3.05) is 35.8 Å². The van der Waals surface area contributed by atoms with Crippen molar-refractivity contribution in [1.82, 2.24) is 4.98 Å². The lowest BCUT2D eigenvalue weighted by Crippen LogP contribution is -2.31. The van der Waals surface area contributed by atoms with E-state index in [9.17, 15) is 4.79 Å². The molecule has 9 heteroatoms. The number of rotatable bonds is 5. The third kappa shape index (κ3) is 4.91. The number of benzene rings is 2. The fourth-order valence-electron chi connectivity index (χ4n) is 3.97. The Bertz CT molecular complexity index is 1070. The van der Waals surface area contributed by atoms with Gasteiger partial charge in [0.1, 0.15) is 6.61 Å². The molecule has 0 unspecified atom stereocenters. The standard InChI is InChI=1S/C23H23N3O2S2.2H2O/c1-29-20-6-2-16(3-7-20)12-21-14-24-22(30-21)25-9-8-17-4-5-19(13-18(17)15-25)26-10-11-28-23(26)27;;/h2-7,13-14H,8-12,15H2,1H3;2*1H2. The summed E-state index contributed by atoms with van der Waals surface area (Å²) < 4.78 is 5.09. The van der Waals surface area contributed by atoms with Crippen LogP contribution in [0.15, 0.2) is 53.6 Å². The van der Waals surface area contributed by atoms with Gasteiger partial charge in [-0.1, -0.05) is 18.2 Å². The maximum atomic E-state index is 11.9. The minimum absolute atomic E-state index is 0. The van der Waals surface area contributed by atoms with E-state index >= 15 is 0 Å². The van der Waals surface area contributed by atoms with Gasteiger partial charge in [0.15, 0.2) is 5.13 Å². The van der Waals surface area contributed by atoms with Gasteiger partial charge in [0.05, 0.1) is 6.54 Å². The summed E-state index contributed by atoms with van der Waals surface area (Å²) in [5, 5.41) is 1.07. The number of anilines is 2. The Labute approximate surface area is 195 Å². The van der Waals surface area contributed by atoms with Crippen LogP contribution >= 0.6 is 23.1 Å². The van der Waals surface area contributed by atoms with Gasteiger partial charge >= 0.3 is 6.09 Å². The van der Waals surface area contributed by atoms with Crippen LogP contribution in [0.2, 0.25) is 0 Å². The number of ether oxygens (including phenoxy) is 1. The molecule has 1 amide bonds. The zero-order valence-electron chi connectivity index (χ0n) is 17.8. The molecule has 1 fully saturated rings. The van der Waals surface area contributed by atoms with Crippen LogP contribution < -0.4 is 9.80 Å². The van der Waals surface area contributed by atoms with Crippen LogP contribution in [0.25, 0.3) is 0 Å². The molecule has 2 aliphatic rings. The predicted molar refractivity (Wildman–Crippen MR) is 130 cm³/mol. The number of aromatic nitrogens is 1. The van der Waals surface area contributed by atoms with E-state index in [4.69, 9.17) is 9.72 Å². The zero-order valence-corrected chi connectivity index (χ0v) is 19.5. The van der Waals surface area contributed by atoms with Crippen molar-refractivity contribution in [2.24, 2.45) is 0 Å². The van der Waals surface area contributed by atoms with Gasteiger partial charge in [-0.05, 0) is 53.6 Å². The van der Waals surface area contributed by atoms with Gasteiger partial charge in [-0.2, -0.15) is 0 Å². The Hall–Kier alpha value is -2.59. The summed E-state index contributed by atoms with van der Waals surface area (Å²) in [4.78, 5) is 23.2. The van der Waals surface area contributed by atoms with Gasteiger partial charge in [-0.3, -0.25) is 4.90 Å². The summed E-state index contributed by atoms with van der Waals surface area (Å²) in [6.45, 7) is 2.87. The number of thiazole rings is 1. The van der Waals surface area contributed by atoms with Gasteiger partial charge in [0, 0.05) is 41.2 Å². The quantitative estimate of drug-likeness (QED) is 0.528. The van der Waals surface area contributed by atoms with Crippen molar-refractivity contribution in [3.8, 4) is 0 Å². The van der Waals surface area contributed by atoms with E-state index < -0.39 is 0 Å². The molecule has 3 aromatic rings. The largest absolute Gasteiger partial charge is 0.447 e. The molecule has 7 nitrogen and oxygen atoms in total. The van der Waals surface area contributed by atoms with Crippen LogP contribution in [0.3, 0.4) is 0 Å². The molecular weight excluding hydrogens is 446 g/mol. The highest BCUT2D eigenvalue weighted by Crippen LogP contribution is 2.32. The van der Waals surface area contributed by atoms with E-state index in [1.165, 1.54) is 26.5 Å². The van der Waals surface area contributed by atoms with Crippen LogP contribution in [0.5, 0.6) is 0 Å². The van der Waals surface area contributed by atoms with Crippen LogP contribution in [0.1, 0.15) is 21.6 Å². The lowest BCUT2D eigenvalue weighted by molar-refractivity contribution is 0.181. The predicted octanol–water partition coefficient (Wildman–Crippen LogP) is 3.33. The monoisotopic (exact) mass is 473 g/mol. The number of hydrogen-bond donors (Lipinski definition) is 0. The van der Waals surface area contributed by atoms with Gasteiger partial charge < -0.3 is 20.6 Å². The number of amides is 1. The van der Waals surface area contributed by atoms with Crippen molar-refractivity contribution in [2.45, 2.75) is 24.3 Å². The van der Waals surface area contributed by atoms with Gasteiger partial charge in [-0.25, -0.2) is 9.78 Å². The molecule has 1 saturated heterocycles. The molecule has 0 atom stereocenters. The number of hydrogen-bond acceptors (Lipinski definition) is 6. The molecule has 32 heavy (non-hydrogen) atoms. The fourth-order valence-corrected chi connectivity index (χ4v) is 5.35. The van der Waals surface area contributed by atoms with Gasteiger partial charge in [0.2, 0.25) is 0 Å². The molecule has 2 aromatic carbocycles. The number of carbonyl (C=O) groups is 1. The molecule has 0 radical (unpaired) electrons. The normalized spacial score (nSPS) is 15.0. The van der Waals surface area contributed by atoms with E-state index in [2.05, 4.69) is 47.6 Å². The fraction of sp³-hybridized carbons (Fsp3) is 0.304. The van der Waals surface area contributed by atoms with Crippen LogP contribution in [-0.2, 0) is 24.1 Å². The van der Waals surface area contributed by atoms with E-state index in [-0.39, 0.29) is 17.0 Å². The molecule has 0 spiro atoms. The maximum Gasteiger partial charge on any atom is 0.414 e. The first-order valence-electron chi connectivity index (χ1n) is 10.1. The second-order valence-corrected chi connectivity index (χ2v) is 9.50. The first-order chi connectivity index (χ1) is 14.7. The Morgan fingerprint density at radius 2 is 1.91 bits per heavy atom. The SMILES string of the molecule is CSc1ccc(Cc2cnc(N3CCc4ccc(N5CCOC5=O)cc4C3)s2)cc1.O.O. The lowest BCUT2D eigenvalue weighted by atomic mass is 9.99. The maximum absolute atomic E-state index is 11.9. The van der Waals surface area contributed by atoms with E-state index in [1.54, 1.807) is 28.0 Å². The molecule has 3 heterocycles. The smallest absolute Gasteiger partial charge is 0.414 e. The minimum atomic E-state index is -0.252. The summed E-state index contributed by atoms with van der Waals surface area (Å²) >= 11 is 3.54. The Morgan fingerprint density at radius 1 is 1.09 bits per heavy atom. The van der Waals surface area contributed by atoms with Crippen LogP contribution in [-0.4, -0.2) is 48.0 Å². The van der Waals surface area contributed by atoms with E-state index in [1.807, 2.05) is 12.3 Å². The van der Waals surface area contributed by atoms with Crippen molar-refractivity contribution in [1.29, 1.82) is 0 Å².